The predicted octanol–water partition coefficient (Wildman–Crippen LogP) is 3.99. The second-order valence-corrected chi connectivity index (χ2v) is 8.68. The van der Waals surface area contributed by atoms with E-state index >= 15 is 0 Å². The largest absolute Gasteiger partial charge is 0.492 e. The molecule has 0 atom stereocenters. The van der Waals surface area contributed by atoms with E-state index in [1.807, 2.05) is 12.1 Å². The molecule has 0 heterocycles. The highest BCUT2D eigenvalue weighted by atomic mass is 35.5. The van der Waals surface area contributed by atoms with Gasteiger partial charge in [-0.2, -0.15) is 0 Å². The number of rotatable bonds is 6. The molecular formula is C18H22ClNO3S. The summed E-state index contributed by atoms with van der Waals surface area (Å²) in [5.74, 6) is 0.608. The minimum atomic E-state index is -3.54. The Morgan fingerprint density at radius 3 is 2.33 bits per heavy atom. The van der Waals surface area contributed by atoms with Crippen molar-refractivity contribution in [2.45, 2.75) is 31.1 Å². The van der Waals surface area contributed by atoms with Crippen LogP contribution in [0, 0.1) is 0 Å². The highest BCUT2D eigenvalue weighted by Crippen LogP contribution is 2.23. The Balaban J connectivity index is 1.91. The van der Waals surface area contributed by atoms with Crippen molar-refractivity contribution in [1.82, 2.24) is 4.72 Å². The lowest BCUT2D eigenvalue weighted by Gasteiger charge is -2.19. The summed E-state index contributed by atoms with van der Waals surface area (Å²) >= 11 is 5.86. The van der Waals surface area contributed by atoms with E-state index in [9.17, 15) is 8.42 Å². The van der Waals surface area contributed by atoms with Crippen molar-refractivity contribution in [3.05, 3.63) is 59.1 Å². The van der Waals surface area contributed by atoms with Crippen molar-refractivity contribution in [3.8, 4) is 5.75 Å². The molecule has 0 aromatic heterocycles. The molecule has 0 unspecified atom stereocenters. The second kappa shape index (κ2) is 7.55. The van der Waals surface area contributed by atoms with Gasteiger partial charge < -0.3 is 4.74 Å². The Kier molecular flexibility index (Phi) is 5.91. The smallest absolute Gasteiger partial charge is 0.240 e. The van der Waals surface area contributed by atoms with E-state index < -0.39 is 10.0 Å². The fourth-order valence-corrected chi connectivity index (χ4v) is 3.31. The topological polar surface area (TPSA) is 55.4 Å². The van der Waals surface area contributed by atoms with Crippen LogP contribution in [0.15, 0.2) is 53.4 Å². The van der Waals surface area contributed by atoms with Crippen LogP contribution in [0.25, 0.3) is 0 Å². The molecular weight excluding hydrogens is 346 g/mol. The van der Waals surface area contributed by atoms with Crippen molar-refractivity contribution in [3.63, 3.8) is 0 Å². The zero-order valence-corrected chi connectivity index (χ0v) is 15.6. The van der Waals surface area contributed by atoms with Crippen molar-refractivity contribution in [2.24, 2.45) is 0 Å². The maximum Gasteiger partial charge on any atom is 0.240 e. The van der Waals surface area contributed by atoms with Gasteiger partial charge in [-0.1, -0.05) is 50.6 Å². The van der Waals surface area contributed by atoms with Gasteiger partial charge in [0, 0.05) is 11.6 Å². The van der Waals surface area contributed by atoms with E-state index in [1.54, 1.807) is 36.4 Å². The fraction of sp³-hybridized carbons (Fsp3) is 0.333. The normalized spacial score (nSPS) is 12.2. The van der Waals surface area contributed by atoms with E-state index in [1.165, 1.54) is 0 Å². The third kappa shape index (κ3) is 5.23. The van der Waals surface area contributed by atoms with Crippen LogP contribution >= 0.6 is 11.6 Å². The third-order valence-electron chi connectivity index (χ3n) is 3.49. The quantitative estimate of drug-likeness (QED) is 0.785. The van der Waals surface area contributed by atoms with E-state index in [2.05, 4.69) is 25.5 Å². The van der Waals surface area contributed by atoms with E-state index in [0.29, 0.717) is 10.8 Å². The molecule has 130 valence electrons. The van der Waals surface area contributed by atoms with Gasteiger partial charge in [0.2, 0.25) is 10.0 Å². The minimum Gasteiger partial charge on any atom is -0.492 e. The summed E-state index contributed by atoms with van der Waals surface area (Å²) in [6.45, 7) is 6.65. The summed E-state index contributed by atoms with van der Waals surface area (Å²) in [4.78, 5) is 0.248. The first-order valence-electron chi connectivity index (χ1n) is 7.67. The van der Waals surface area contributed by atoms with Crippen LogP contribution in [-0.4, -0.2) is 21.6 Å². The highest BCUT2D eigenvalue weighted by Gasteiger charge is 2.17. The van der Waals surface area contributed by atoms with E-state index in [0.717, 1.165) is 5.56 Å². The number of nitrogens with one attached hydrogen (secondary N) is 1. The van der Waals surface area contributed by atoms with Crippen LogP contribution < -0.4 is 9.46 Å². The summed E-state index contributed by atoms with van der Waals surface area (Å²) < 4.78 is 32.5. The molecule has 0 saturated heterocycles. The van der Waals surface area contributed by atoms with Gasteiger partial charge in [-0.05, 0) is 41.3 Å². The van der Waals surface area contributed by atoms with Gasteiger partial charge >= 0.3 is 0 Å². The molecule has 2 rings (SSSR count). The number of ether oxygens (including phenoxy) is 1. The van der Waals surface area contributed by atoms with Crippen LogP contribution in [0.1, 0.15) is 26.3 Å². The maximum absolute atomic E-state index is 12.3. The highest BCUT2D eigenvalue weighted by molar-refractivity contribution is 7.89. The number of benzene rings is 2. The number of hydrogen-bond acceptors (Lipinski definition) is 3. The van der Waals surface area contributed by atoms with Gasteiger partial charge in [0.25, 0.3) is 0 Å². The van der Waals surface area contributed by atoms with Crippen molar-refractivity contribution < 1.29 is 13.2 Å². The summed E-state index contributed by atoms with van der Waals surface area (Å²) in [6.07, 6.45) is 0. The van der Waals surface area contributed by atoms with Gasteiger partial charge in [-0.25, -0.2) is 13.1 Å². The molecule has 0 aliphatic heterocycles. The Hall–Kier alpha value is -1.56. The lowest BCUT2D eigenvalue weighted by molar-refractivity contribution is 0.323. The van der Waals surface area contributed by atoms with Crippen LogP contribution in [-0.2, 0) is 15.4 Å². The fourth-order valence-electron chi connectivity index (χ4n) is 2.12. The first-order valence-corrected chi connectivity index (χ1v) is 9.53. The zero-order chi connectivity index (χ0) is 17.8. The summed E-state index contributed by atoms with van der Waals surface area (Å²) in [5, 5.41) is 0.576. The van der Waals surface area contributed by atoms with Crippen molar-refractivity contribution in [2.75, 3.05) is 13.2 Å². The molecule has 0 bridgehead atoms. The summed E-state index contributed by atoms with van der Waals surface area (Å²) in [7, 11) is -3.54. The monoisotopic (exact) mass is 367 g/mol. The first-order chi connectivity index (χ1) is 11.2. The van der Waals surface area contributed by atoms with Crippen molar-refractivity contribution >= 4 is 21.6 Å². The third-order valence-corrected chi connectivity index (χ3v) is 5.20. The van der Waals surface area contributed by atoms with Crippen LogP contribution in [0.2, 0.25) is 5.02 Å². The number of sulfonamides is 1. The molecule has 0 fully saturated rings. The molecule has 6 heteroatoms. The average Bonchev–Trinajstić information content (AvgIpc) is 2.51. The number of halogens is 1. The molecule has 0 spiro atoms. The van der Waals surface area contributed by atoms with Gasteiger partial charge in [-0.3, -0.25) is 0 Å². The average molecular weight is 368 g/mol. The summed E-state index contributed by atoms with van der Waals surface area (Å²) in [5.41, 5.74) is 1.08. The molecule has 4 nitrogen and oxygen atoms in total. The Bertz CT molecular complexity index is 781. The van der Waals surface area contributed by atoms with Crippen molar-refractivity contribution in [1.29, 1.82) is 0 Å². The molecule has 24 heavy (non-hydrogen) atoms. The molecule has 0 aliphatic carbocycles. The van der Waals surface area contributed by atoms with Crippen LogP contribution in [0.3, 0.4) is 0 Å². The molecule has 0 radical (unpaired) electrons. The van der Waals surface area contributed by atoms with E-state index in [-0.39, 0.29) is 23.5 Å². The maximum atomic E-state index is 12.3. The van der Waals surface area contributed by atoms with Gasteiger partial charge in [0.05, 0.1) is 4.90 Å². The summed E-state index contributed by atoms with van der Waals surface area (Å²) in [6, 6.07) is 13.9. The molecule has 0 saturated carbocycles. The molecule has 1 N–H and O–H groups in total. The lowest BCUT2D eigenvalue weighted by Crippen LogP contribution is -2.28. The van der Waals surface area contributed by atoms with Gasteiger partial charge in [0.1, 0.15) is 12.4 Å². The van der Waals surface area contributed by atoms with Gasteiger partial charge in [0.15, 0.2) is 0 Å². The van der Waals surface area contributed by atoms with Gasteiger partial charge in [-0.15, -0.1) is 0 Å². The van der Waals surface area contributed by atoms with E-state index in [4.69, 9.17) is 16.3 Å². The molecule has 2 aromatic rings. The second-order valence-electron chi connectivity index (χ2n) is 6.48. The Morgan fingerprint density at radius 2 is 1.75 bits per heavy atom. The molecule has 0 amide bonds. The minimum absolute atomic E-state index is 0.0134. The van der Waals surface area contributed by atoms with Crippen LogP contribution in [0.4, 0.5) is 0 Å². The Labute approximate surface area is 148 Å². The Morgan fingerprint density at radius 1 is 1.08 bits per heavy atom. The standard InChI is InChI=1S/C18H22ClNO3S/c1-18(2,3)14-7-9-17(10-8-14)24(21,22)20-11-12-23-16-6-4-5-15(19)13-16/h4-10,13,20H,11-12H2,1-3H3. The SMILES string of the molecule is CC(C)(C)c1ccc(S(=O)(=O)NCCOc2cccc(Cl)c2)cc1. The molecule has 0 aliphatic rings. The molecule has 2 aromatic carbocycles. The lowest BCUT2D eigenvalue weighted by atomic mass is 9.87. The zero-order valence-electron chi connectivity index (χ0n) is 14.0. The first kappa shape index (κ1) is 18.8. The van der Waals surface area contributed by atoms with Crippen LogP contribution in [0.5, 0.6) is 5.75 Å². The number of hydrogen-bond donors (Lipinski definition) is 1. The predicted molar refractivity (Wildman–Crippen MR) is 97.3 cm³/mol.